The molecule has 2 rings (SSSR count). The van der Waals surface area contributed by atoms with Gasteiger partial charge in [0, 0.05) is 23.2 Å². The third-order valence-corrected chi connectivity index (χ3v) is 2.91. The summed E-state index contributed by atoms with van der Waals surface area (Å²) in [6.07, 6.45) is 4.32. The molecule has 1 heterocycles. The van der Waals surface area contributed by atoms with Gasteiger partial charge in [-0.2, -0.15) is 0 Å². The fourth-order valence-corrected chi connectivity index (χ4v) is 1.90. The highest BCUT2D eigenvalue weighted by Gasteiger charge is 2.02. The average Bonchev–Trinajstić information content (AvgIpc) is 2.88. The molecule has 1 N–H and O–H groups in total. The van der Waals surface area contributed by atoms with Gasteiger partial charge in [-0.3, -0.25) is 0 Å². The number of aromatic nitrogens is 1. The molecule has 0 saturated carbocycles. The van der Waals surface area contributed by atoms with Gasteiger partial charge in [-0.25, -0.2) is 9.78 Å². The number of carboxylic acids is 1. The van der Waals surface area contributed by atoms with E-state index in [0.717, 1.165) is 16.6 Å². The molecule has 0 saturated heterocycles. The fourth-order valence-electron chi connectivity index (χ4n) is 1.37. The summed E-state index contributed by atoms with van der Waals surface area (Å²) < 4.78 is 5.62. The van der Waals surface area contributed by atoms with Gasteiger partial charge in [-0.1, -0.05) is 18.2 Å². The molecule has 5 heteroatoms. The average molecular weight is 261 g/mol. The number of ether oxygens (including phenoxy) is 1. The molecule has 0 atom stereocenters. The molecule has 0 fully saturated rings. The molecular weight excluding hydrogens is 250 g/mol. The van der Waals surface area contributed by atoms with Crippen molar-refractivity contribution in [2.24, 2.45) is 0 Å². The molecule has 0 radical (unpaired) electrons. The van der Waals surface area contributed by atoms with E-state index in [1.54, 1.807) is 18.3 Å². The summed E-state index contributed by atoms with van der Waals surface area (Å²) >= 11 is 1.52. The summed E-state index contributed by atoms with van der Waals surface area (Å²) in [5.41, 5.74) is 0.733. The van der Waals surface area contributed by atoms with Crippen LogP contribution in [0.1, 0.15) is 10.6 Å². The summed E-state index contributed by atoms with van der Waals surface area (Å²) in [6, 6.07) is 7.28. The van der Waals surface area contributed by atoms with Gasteiger partial charge in [0.2, 0.25) is 0 Å². The van der Waals surface area contributed by atoms with Crippen LogP contribution < -0.4 is 4.74 Å². The van der Waals surface area contributed by atoms with E-state index in [-0.39, 0.29) is 0 Å². The number of carboxylic acid groups (broad SMARTS) is 1. The lowest BCUT2D eigenvalue weighted by molar-refractivity contribution is -0.131. The standard InChI is InChI=1S/C13H11NO3S/c15-13(16)6-5-10-3-1-2-4-11(10)17-9-12-14-7-8-18-12/h1-8H,9H2,(H,15,16). The molecule has 0 aliphatic rings. The predicted molar refractivity (Wildman–Crippen MR) is 69.6 cm³/mol. The minimum absolute atomic E-state index is 0.385. The highest BCUT2D eigenvalue weighted by molar-refractivity contribution is 7.09. The van der Waals surface area contributed by atoms with Crippen LogP contribution in [-0.4, -0.2) is 16.1 Å². The summed E-state index contributed by atoms with van der Waals surface area (Å²) in [4.78, 5) is 14.6. The van der Waals surface area contributed by atoms with Crippen molar-refractivity contribution < 1.29 is 14.6 Å². The Morgan fingerprint density at radius 2 is 2.28 bits per heavy atom. The van der Waals surface area contributed by atoms with Gasteiger partial charge < -0.3 is 9.84 Å². The van der Waals surface area contributed by atoms with Gasteiger partial charge in [0.05, 0.1) is 0 Å². The third kappa shape index (κ3) is 3.43. The van der Waals surface area contributed by atoms with E-state index in [4.69, 9.17) is 9.84 Å². The van der Waals surface area contributed by atoms with Gasteiger partial charge in [0.25, 0.3) is 0 Å². The van der Waals surface area contributed by atoms with E-state index >= 15 is 0 Å². The molecule has 18 heavy (non-hydrogen) atoms. The van der Waals surface area contributed by atoms with E-state index in [9.17, 15) is 4.79 Å². The Kier molecular flexibility index (Phi) is 4.09. The number of benzene rings is 1. The number of para-hydroxylation sites is 1. The van der Waals surface area contributed by atoms with Crippen molar-refractivity contribution in [3.05, 3.63) is 52.5 Å². The Morgan fingerprint density at radius 3 is 3.00 bits per heavy atom. The molecule has 0 aliphatic carbocycles. The maximum atomic E-state index is 10.5. The zero-order chi connectivity index (χ0) is 12.8. The van der Waals surface area contributed by atoms with Crippen LogP contribution in [0.2, 0.25) is 0 Å². The second-order valence-electron chi connectivity index (χ2n) is 3.42. The van der Waals surface area contributed by atoms with Crippen molar-refractivity contribution in [1.82, 2.24) is 4.98 Å². The first-order chi connectivity index (χ1) is 8.75. The lowest BCUT2D eigenvalue weighted by Crippen LogP contribution is -1.96. The fraction of sp³-hybridized carbons (Fsp3) is 0.0769. The van der Waals surface area contributed by atoms with Crippen molar-refractivity contribution in [2.75, 3.05) is 0 Å². The van der Waals surface area contributed by atoms with Crippen molar-refractivity contribution >= 4 is 23.4 Å². The summed E-state index contributed by atoms with van der Waals surface area (Å²) in [5.74, 6) is -0.338. The van der Waals surface area contributed by atoms with Gasteiger partial charge >= 0.3 is 5.97 Å². The van der Waals surface area contributed by atoms with Crippen LogP contribution in [0.15, 0.2) is 41.9 Å². The lowest BCUT2D eigenvalue weighted by Gasteiger charge is -2.07. The van der Waals surface area contributed by atoms with Crippen LogP contribution in [0.3, 0.4) is 0 Å². The molecule has 1 aromatic heterocycles. The van der Waals surface area contributed by atoms with E-state index in [0.29, 0.717) is 12.4 Å². The van der Waals surface area contributed by atoms with Crippen LogP contribution >= 0.6 is 11.3 Å². The van der Waals surface area contributed by atoms with Crippen molar-refractivity contribution in [1.29, 1.82) is 0 Å². The number of hydrogen-bond acceptors (Lipinski definition) is 4. The van der Waals surface area contributed by atoms with Crippen molar-refractivity contribution in [3.63, 3.8) is 0 Å². The zero-order valence-electron chi connectivity index (χ0n) is 9.45. The van der Waals surface area contributed by atoms with Crippen LogP contribution in [0.4, 0.5) is 0 Å². The van der Waals surface area contributed by atoms with Crippen LogP contribution in [0.5, 0.6) is 5.75 Å². The Labute approximate surface area is 108 Å². The summed E-state index contributed by atoms with van der Waals surface area (Å²) in [5, 5.41) is 11.4. The first-order valence-corrected chi connectivity index (χ1v) is 6.15. The highest BCUT2D eigenvalue weighted by atomic mass is 32.1. The maximum absolute atomic E-state index is 10.5. The molecular formula is C13H11NO3S. The number of hydrogen-bond donors (Lipinski definition) is 1. The number of aliphatic carboxylic acids is 1. The number of carbonyl (C=O) groups is 1. The van der Waals surface area contributed by atoms with Gasteiger partial charge in [0.15, 0.2) is 0 Å². The van der Waals surface area contributed by atoms with E-state index in [2.05, 4.69) is 4.98 Å². The molecule has 0 bridgehead atoms. The Hall–Kier alpha value is -2.14. The Morgan fingerprint density at radius 1 is 1.44 bits per heavy atom. The molecule has 0 amide bonds. The molecule has 0 unspecified atom stereocenters. The van der Waals surface area contributed by atoms with Crippen LogP contribution in [0, 0.1) is 0 Å². The topological polar surface area (TPSA) is 59.4 Å². The first kappa shape index (κ1) is 12.3. The Balaban J connectivity index is 2.09. The maximum Gasteiger partial charge on any atom is 0.328 e. The van der Waals surface area contributed by atoms with E-state index in [1.807, 2.05) is 17.5 Å². The zero-order valence-corrected chi connectivity index (χ0v) is 10.3. The van der Waals surface area contributed by atoms with Crippen LogP contribution in [-0.2, 0) is 11.4 Å². The van der Waals surface area contributed by atoms with E-state index < -0.39 is 5.97 Å². The minimum Gasteiger partial charge on any atom is -0.486 e. The number of rotatable bonds is 5. The predicted octanol–water partition coefficient (Wildman–Crippen LogP) is 2.82. The molecule has 92 valence electrons. The lowest BCUT2D eigenvalue weighted by atomic mass is 10.2. The second-order valence-corrected chi connectivity index (χ2v) is 4.40. The summed E-state index contributed by atoms with van der Waals surface area (Å²) in [6.45, 7) is 0.385. The van der Waals surface area contributed by atoms with Crippen LogP contribution in [0.25, 0.3) is 6.08 Å². The number of nitrogens with zero attached hydrogens (tertiary/aromatic N) is 1. The van der Waals surface area contributed by atoms with Gasteiger partial charge in [-0.05, 0) is 12.1 Å². The van der Waals surface area contributed by atoms with E-state index in [1.165, 1.54) is 17.4 Å². The normalized spacial score (nSPS) is 10.7. The quantitative estimate of drug-likeness (QED) is 0.841. The van der Waals surface area contributed by atoms with Crippen molar-refractivity contribution in [2.45, 2.75) is 6.61 Å². The van der Waals surface area contributed by atoms with Gasteiger partial charge in [-0.15, -0.1) is 11.3 Å². The first-order valence-electron chi connectivity index (χ1n) is 5.27. The molecule has 1 aromatic carbocycles. The summed E-state index contributed by atoms with van der Waals surface area (Å²) in [7, 11) is 0. The highest BCUT2D eigenvalue weighted by Crippen LogP contribution is 2.21. The van der Waals surface area contributed by atoms with Crippen molar-refractivity contribution in [3.8, 4) is 5.75 Å². The van der Waals surface area contributed by atoms with Gasteiger partial charge in [0.1, 0.15) is 17.4 Å². The number of thiazole rings is 1. The largest absolute Gasteiger partial charge is 0.486 e. The molecule has 0 aliphatic heterocycles. The smallest absolute Gasteiger partial charge is 0.328 e. The molecule has 4 nitrogen and oxygen atoms in total. The second kappa shape index (κ2) is 5.97. The monoisotopic (exact) mass is 261 g/mol. The SMILES string of the molecule is O=C(O)C=Cc1ccccc1OCc1nccs1. The third-order valence-electron chi connectivity index (χ3n) is 2.16. The minimum atomic E-state index is -0.982. The Bertz CT molecular complexity index is 549. The molecule has 0 spiro atoms. The molecule has 2 aromatic rings.